The third-order valence-corrected chi connectivity index (χ3v) is 6.54. The Hall–Kier alpha value is -3.08. The molecule has 2 unspecified atom stereocenters. The number of hydrogen-bond acceptors (Lipinski definition) is 6. The van der Waals surface area contributed by atoms with Gasteiger partial charge in [0, 0.05) is 24.7 Å². The van der Waals surface area contributed by atoms with Gasteiger partial charge in [0.05, 0.1) is 33.9 Å². The molecule has 3 heterocycles. The number of nitrogens with one attached hydrogen (secondary N) is 1. The number of rotatable bonds is 5. The minimum Gasteiger partial charge on any atom is -0.451 e. The zero-order valence-electron chi connectivity index (χ0n) is 17.3. The zero-order chi connectivity index (χ0) is 22.7. The second kappa shape index (κ2) is 7.51. The van der Waals surface area contributed by atoms with Crippen molar-refractivity contribution in [1.29, 1.82) is 0 Å². The standard InChI is InChI=1S/C21H22F3N5O3/c1-9-17-14(20(30)27-21(31)29(17)11-2-3-11)13(19(23)24)15(22)18(9)28-5-4-10(6-28)16(25)12-7-32-8-26-12/h7-8,10-11,16,19H,2-6,25H2,1H3,(H,27,30,31). The largest absolute Gasteiger partial charge is 0.451 e. The van der Waals surface area contributed by atoms with E-state index in [-0.39, 0.29) is 23.2 Å². The molecule has 3 aromatic rings. The fourth-order valence-corrected chi connectivity index (χ4v) is 4.86. The predicted molar refractivity (Wildman–Crippen MR) is 111 cm³/mol. The van der Waals surface area contributed by atoms with E-state index in [1.54, 1.807) is 11.8 Å². The van der Waals surface area contributed by atoms with Crippen LogP contribution in [0.15, 0.2) is 26.7 Å². The van der Waals surface area contributed by atoms with Gasteiger partial charge >= 0.3 is 5.69 Å². The summed E-state index contributed by atoms with van der Waals surface area (Å²) in [5, 5.41) is -0.458. The molecule has 3 N–H and O–H groups in total. The maximum Gasteiger partial charge on any atom is 0.329 e. The van der Waals surface area contributed by atoms with E-state index in [0.29, 0.717) is 43.6 Å². The molecule has 0 spiro atoms. The molecule has 0 bridgehead atoms. The molecule has 2 aromatic heterocycles. The summed E-state index contributed by atoms with van der Waals surface area (Å²) in [6, 6.07) is -0.652. The van der Waals surface area contributed by atoms with Crippen LogP contribution in [0.3, 0.4) is 0 Å². The Balaban J connectivity index is 1.68. The van der Waals surface area contributed by atoms with Gasteiger partial charge in [0.15, 0.2) is 12.2 Å². The Kier molecular flexibility index (Phi) is 4.88. The van der Waals surface area contributed by atoms with Gasteiger partial charge in [-0.15, -0.1) is 0 Å². The van der Waals surface area contributed by atoms with E-state index < -0.39 is 40.5 Å². The Morgan fingerprint density at radius 2 is 2.03 bits per heavy atom. The van der Waals surface area contributed by atoms with Crippen LogP contribution in [-0.2, 0) is 0 Å². The molecule has 1 saturated heterocycles. The van der Waals surface area contributed by atoms with Crippen molar-refractivity contribution in [2.75, 3.05) is 18.0 Å². The van der Waals surface area contributed by atoms with Crippen LogP contribution in [0.25, 0.3) is 10.9 Å². The van der Waals surface area contributed by atoms with Crippen LogP contribution in [0.4, 0.5) is 18.9 Å². The highest BCUT2D eigenvalue weighted by Crippen LogP contribution is 2.43. The maximum absolute atomic E-state index is 15.6. The number of oxazole rings is 1. The monoisotopic (exact) mass is 449 g/mol. The van der Waals surface area contributed by atoms with Gasteiger partial charge < -0.3 is 15.1 Å². The number of hydrogen-bond donors (Lipinski definition) is 2. The molecule has 2 atom stereocenters. The van der Waals surface area contributed by atoms with Crippen molar-refractivity contribution in [3.05, 3.63) is 56.1 Å². The molecule has 1 aliphatic heterocycles. The number of fused-ring (bicyclic) bond motifs is 1. The van der Waals surface area contributed by atoms with Crippen LogP contribution in [0.2, 0.25) is 0 Å². The van der Waals surface area contributed by atoms with Gasteiger partial charge in [0.1, 0.15) is 6.26 Å². The SMILES string of the molecule is Cc1c(N2CCC(C(N)c3cocn3)C2)c(F)c(C(F)F)c2c(=O)[nH]c(=O)n(C3CC3)c12. The maximum atomic E-state index is 15.6. The molecule has 170 valence electrons. The van der Waals surface area contributed by atoms with Gasteiger partial charge in [-0.3, -0.25) is 14.3 Å². The molecule has 5 rings (SSSR count). The predicted octanol–water partition coefficient (Wildman–Crippen LogP) is 2.92. The molecular formula is C21H22F3N5O3. The van der Waals surface area contributed by atoms with E-state index >= 15 is 4.39 Å². The zero-order valence-corrected chi connectivity index (χ0v) is 17.3. The number of anilines is 1. The lowest BCUT2D eigenvalue weighted by molar-refractivity contribution is 0.148. The molecule has 1 saturated carbocycles. The first-order valence-electron chi connectivity index (χ1n) is 10.5. The summed E-state index contributed by atoms with van der Waals surface area (Å²) in [5.74, 6) is -1.23. The van der Waals surface area contributed by atoms with Crippen LogP contribution < -0.4 is 21.9 Å². The molecule has 2 aliphatic rings. The van der Waals surface area contributed by atoms with Gasteiger partial charge in [0.25, 0.3) is 12.0 Å². The number of nitrogens with zero attached hydrogens (tertiary/aromatic N) is 3. The Morgan fingerprint density at radius 1 is 1.28 bits per heavy atom. The third-order valence-electron chi connectivity index (χ3n) is 6.54. The van der Waals surface area contributed by atoms with Crippen molar-refractivity contribution >= 4 is 16.6 Å². The molecule has 0 amide bonds. The average Bonchev–Trinajstić information content (AvgIpc) is 3.22. The van der Waals surface area contributed by atoms with E-state index in [2.05, 4.69) is 9.97 Å². The molecule has 11 heteroatoms. The number of aromatic nitrogens is 3. The first-order chi connectivity index (χ1) is 15.3. The van der Waals surface area contributed by atoms with Crippen molar-refractivity contribution in [2.45, 2.75) is 44.7 Å². The van der Waals surface area contributed by atoms with Crippen LogP contribution in [0.5, 0.6) is 0 Å². The normalized spacial score (nSPS) is 19.9. The highest BCUT2D eigenvalue weighted by molar-refractivity contribution is 5.90. The van der Waals surface area contributed by atoms with E-state index in [4.69, 9.17) is 10.2 Å². The number of H-pyrrole nitrogens is 1. The summed E-state index contributed by atoms with van der Waals surface area (Å²) in [5.41, 5.74) is 4.58. The van der Waals surface area contributed by atoms with Crippen LogP contribution in [-0.4, -0.2) is 27.6 Å². The number of alkyl halides is 2. The Morgan fingerprint density at radius 3 is 2.66 bits per heavy atom. The van der Waals surface area contributed by atoms with Gasteiger partial charge in [0.2, 0.25) is 0 Å². The molecular weight excluding hydrogens is 427 g/mol. The minimum atomic E-state index is -3.22. The molecule has 1 aliphatic carbocycles. The lowest BCUT2D eigenvalue weighted by Gasteiger charge is -2.26. The minimum absolute atomic E-state index is 0.0120. The molecule has 0 radical (unpaired) electrons. The summed E-state index contributed by atoms with van der Waals surface area (Å²) in [4.78, 5) is 32.9. The number of benzene rings is 1. The molecule has 32 heavy (non-hydrogen) atoms. The van der Waals surface area contributed by atoms with Crippen molar-refractivity contribution in [2.24, 2.45) is 11.7 Å². The quantitative estimate of drug-likeness (QED) is 0.620. The molecule has 2 fully saturated rings. The van der Waals surface area contributed by atoms with E-state index in [1.165, 1.54) is 17.2 Å². The van der Waals surface area contributed by atoms with Crippen LogP contribution in [0.1, 0.15) is 54.6 Å². The van der Waals surface area contributed by atoms with Gasteiger partial charge in [-0.1, -0.05) is 0 Å². The number of aromatic amines is 1. The van der Waals surface area contributed by atoms with Crippen molar-refractivity contribution in [3.8, 4) is 0 Å². The topological polar surface area (TPSA) is 110 Å². The lowest BCUT2D eigenvalue weighted by Crippen LogP contribution is -2.33. The Labute approximate surface area is 179 Å². The van der Waals surface area contributed by atoms with Crippen molar-refractivity contribution in [1.82, 2.24) is 14.5 Å². The first kappa shape index (κ1) is 20.8. The van der Waals surface area contributed by atoms with E-state index in [1.807, 2.05) is 0 Å². The first-order valence-corrected chi connectivity index (χ1v) is 10.5. The Bertz CT molecular complexity index is 1300. The molecule has 8 nitrogen and oxygen atoms in total. The van der Waals surface area contributed by atoms with E-state index in [0.717, 1.165) is 0 Å². The molecule has 1 aromatic carbocycles. The van der Waals surface area contributed by atoms with Gasteiger partial charge in [-0.25, -0.2) is 22.9 Å². The summed E-state index contributed by atoms with van der Waals surface area (Å²) in [7, 11) is 0. The summed E-state index contributed by atoms with van der Waals surface area (Å²) < 4.78 is 50.0. The summed E-state index contributed by atoms with van der Waals surface area (Å²) in [6.07, 6.45) is 1.48. The van der Waals surface area contributed by atoms with Gasteiger partial charge in [-0.2, -0.15) is 0 Å². The smallest absolute Gasteiger partial charge is 0.329 e. The highest BCUT2D eigenvalue weighted by atomic mass is 19.3. The number of nitrogens with two attached hydrogens (primary N) is 1. The number of aryl methyl sites for hydroxylation is 1. The lowest BCUT2D eigenvalue weighted by atomic mass is 9.97. The van der Waals surface area contributed by atoms with Gasteiger partial charge in [-0.05, 0) is 32.1 Å². The third kappa shape index (κ3) is 3.14. The summed E-state index contributed by atoms with van der Waals surface area (Å²) >= 11 is 0. The number of halogens is 3. The van der Waals surface area contributed by atoms with E-state index in [9.17, 15) is 18.4 Å². The second-order valence-electron chi connectivity index (χ2n) is 8.52. The fourth-order valence-electron chi connectivity index (χ4n) is 4.86. The van der Waals surface area contributed by atoms with Crippen LogP contribution >= 0.6 is 0 Å². The average molecular weight is 449 g/mol. The fraction of sp³-hybridized carbons (Fsp3) is 0.476. The summed E-state index contributed by atoms with van der Waals surface area (Å²) in [6.45, 7) is 2.27. The highest BCUT2D eigenvalue weighted by Gasteiger charge is 2.36. The van der Waals surface area contributed by atoms with Crippen molar-refractivity contribution < 1.29 is 17.6 Å². The van der Waals surface area contributed by atoms with Crippen molar-refractivity contribution in [3.63, 3.8) is 0 Å². The van der Waals surface area contributed by atoms with Crippen LogP contribution in [0, 0.1) is 18.7 Å². The second-order valence-corrected chi connectivity index (χ2v) is 8.52.